The van der Waals surface area contributed by atoms with Crippen LogP contribution >= 0.6 is 0 Å². The lowest BCUT2D eigenvalue weighted by Gasteiger charge is -2.09. The number of aliphatic hydroxyl groups excluding tert-OH is 2. The van der Waals surface area contributed by atoms with E-state index in [1.165, 1.54) is 24.5 Å². The number of unbranched alkanes of at least 4 members (excludes halogenated alkanes) is 3. The van der Waals surface area contributed by atoms with Gasteiger partial charge in [0.1, 0.15) is 6.33 Å². The zero-order valence-electron chi connectivity index (χ0n) is 16.5. The molecule has 30 heavy (non-hydrogen) atoms. The van der Waals surface area contributed by atoms with Crippen molar-refractivity contribution in [3.05, 3.63) is 30.6 Å². The van der Waals surface area contributed by atoms with Crippen molar-refractivity contribution in [2.75, 3.05) is 36.9 Å². The topological polar surface area (TPSA) is 170 Å². The number of anilines is 3. The number of benzene rings is 1. The maximum atomic E-state index is 11.2. The van der Waals surface area contributed by atoms with Crippen LogP contribution in [0.2, 0.25) is 0 Å². The molecule has 2 aromatic rings. The summed E-state index contributed by atoms with van der Waals surface area (Å²) in [6.07, 6.45) is 4.62. The monoisotopic (exact) mass is 440 g/mol. The summed E-state index contributed by atoms with van der Waals surface area (Å²) in [5.41, 5.74) is 0.419. The summed E-state index contributed by atoms with van der Waals surface area (Å²) in [5.74, 6) is 0.647. The summed E-state index contributed by atoms with van der Waals surface area (Å²) in [7, 11) is -4.29. The van der Waals surface area contributed by atoms with Crippen LogP contribution in [-0.2, 0) is 10.1 Å². The molecule has 1 unspecified atom stereocenters. The first-order valence-corrected chi connectivity index (χ1v) is 11.1. The average molecular weight is 441 g/mol. The Hall–Kier alpha value is -2.38. The van der Waals surface area contributed by atoms with Crippen molar-refractivity contribution in [2.24, 2.45) is 0 Å². The largest absolute Gasteiger partial charge is 0.394 e. The van der Waals surface area contributed by atoms with E-state index in [0.29, 0.717) is 24.7 Å². The average Bonchev–Trinajstić information content (AvgIpc) is 2.72. The first-order chi connectivity index (χ1) is 14.4. The SMILES string of the molecule is O=S(=O)(O)c1cccc(Nc2ncnc(NCCCCCCNCC(O)CO)n2)c1. The maximum Gasteiger partial charge on any atom is 0.294 e. The Kier molecular flexibility index (Phi) is 9.83. The second kappa shape index (κ2) is 12.3. The second-order valence-electron chi connectivity index (χ2n) is 6.64. The molecule has 0 fully saturated rings. The molecule has 0 bridgehead atoms. The number of hydrogen-bond acceptors (Lipinski definition) is 10. The van der Waals surface area contributed by atoms with Crippen LogP contribution in [0.4, 0.5) is 17.6 Å². The van der Waals surface area contributed by atoms with Crippen molar-refractivity contribution in [1.82, 2.24) is 20.3 Å². The predicted molar refractivity (Wildman–Crippen MR) is 112 cm³/mol. The number of nitrogens with zero attached hydrogens (tertiary/aromatic N) is 3. The van der Waals surface area contributed by atoms with Gasteiger partial charge in [-0.15, -0.1) is 0 Å². The minimum absolute atomic E-state index is 0.223. The van der Waals surface area contributed by atoms with E-state index in [9.17, 15) is 13.5 Å². The molecule has 0 saturated carbocycles. The minimum atomic E-state index is -4.29. The first-order valence-electron chi connectivity index (χ1n) is 9.65. The third-order valence-corrected chi connectivity index (χ3v) is 4.96. The van der Waals surface area contributed by atoms with Crippen LogP contribution in [0.15, 0.2) is 35.5 Å². The van der Waals surface area contributed by atoms with Crippen LogP contribution in [0.5, 0.6) is 0 Å². The van der Waals surface area contributed by atoms with Crippen LogP contribution in [0.1, 0.15) is 25.7 Å². The molecule has 1 aromatic heterocycles. The van der Waals surface area contributed by atoms with E-state index in [-0.39, 0.29) is 17.5 Å². The summed E-state index contributed by atoms with van der Waals surface area (Å²) < 4.78 is 31.6. The van der Waals surface area contributed by atoms with Gasteiger partial charge < -0.3 is 26.2 Å². The molecule has 1 aromatic carbocycles. The predicted octanol–water partition coefficient (Wildman–Crippen LogP) is 0.777. The zero-order valence-corrected chi connectivity index (χ0v) is 17.3. The molecule has 1 atom stereocenters. The van der Waals surface area contributed by atoms with E-state index in [2.05, 4.69) is 30.9 Å². The van der Waals surface area contributed by atoms with Gasteiger partial charge in [0.05, 0.1) is 17.6 Å². The Morgan fingerprint density at radius 1 is 1.03 bits per heavy atom. The fourth-order valence-corrected chi connectivity index (χ4v) is 3.09. The molecule has 166 valence electrons. The molecule has 0 spiro atoms. The molecule has 0 aliphatic heterocycles. The summed E-state index contributed by atoms with van der Waals surface area (Å²) in [6.45, 7) is 1.65. The van der Waals surface area contributed by atoms with Gasteiger partial charge in [-0.25, -0.2) is 9.97 Å². The van der Waals surface area contributed by atoms with E-state index in [1.807, 2.05) is 0 Å². The van der Waals surface area contributed by atoms with Gasteiger partial charge in [-0.05, 0) is 37.6 Å². The molecule has 12 heteroatoms. The molecule has 0 aliphatic rings. The Bertz CT molecular complexity index is 883. The molecule has 11 nitrogen and oxygen atoms in total. The highest BCUT2D eigenvalue weighted by Crippen LogP contribution is 2.18. The zero-order chi connectivity index (χ0) is 21.8. The van der Waals surface area contributed by atoms with Gasteiger partial charge in [0.15, 0.2) is 0 Å². The van der Waals surface area contributed by atoms with Crippen molar-refractivity contribution in [3.8, 4) is 0 Å². The summed E-state index contributed by atoms with van der Waals surface area (Å²) in [6, 6.07) is 5.70. The highest BCUT2D eigenvalue weighted by molar-refractivity contribution is 7.85. The van der Waals surface area contributed by atoms with Crippen LogP contribution in [-0.4, -0.2) is 70.5 Å². The van der Waals surface area contributed by atoms with Gasteiger partial charge >= 0.3 is 0 Å². The van der Waals surface area contributed by atoms with Gasteiger partial charge in [-0.2, -0.15) is 13.4 Å². The molecule has 6 N–H and O–H groups in total. The van der Waals surface area contributed by atoms with Gasteiger partial charge in [-0.1, -0.05) is 18.9 Å². The fourth-order valence-electron chi connectivity index (χ4n) is 2.57. The molecule has 0 saturated heterocycles. The second-order valence-corrected chi connectivity index (χ2v) is 8.06. The van der Waals surface area contributed by atoms with Crippen molar-refractivity contribution in [2.45, 2.75) is 36.7 Å². The molecule has 1 heterocycles. The highest BCUT2D eigenvalue weighted by atomic mass is 32.2. The minimum Gasteiger partial charge on any atom is -0.394 e. The number of rotatable bonds is 14. The Labute approximate surface area is 175 Å². The van der Waals surface area contributed by atoms with E-state index < -0.39 is 16.2 Å². The van der Waals surface area contributed by atoms with E-state index in [1.54, 1.807) is 6.07 Å². The smallest absolute Gasteiger partial charge is 0.294 e. The fraction of sp³-hybridized carbons (Fsp3) is 0.500. The third kappa shape index (κ3) is 8.97. The molecule has 0 aliphatic carbocycles. The van der Waals surface area contributed by atoms with Crippen molar-refractivity contribution >= 4 is 27.7 Å². The summed E-state index contributed by atoms with van der Waals surface area (Å²) >= 11 is 0. The lowest BCUT2D eigenvalue weighted by atomic mass is 10.2. The summed E-state index contributed by atoms with van der Waals surface area (Å²) in [5, 5.41) is 27.0. The molecule has 2 rings (SSSR count). The number of aromatic nitrogens is 3. The quantitative estimate of drug-likeness (QED) is 0.181. The van der Waals surface area contributed by atoms with E-state index >= 15 is 0 Å². The molecular formula is C18H28N6O5S. The van der Waals surface area contributed by atoms with Gasteiger partial charge in [-0.3, -0.25) is 4.55 Å². The van der Waals surface area contributed by atoms with Crippen molar-refractivity contribution in [1.29, 1.82) is 0 Å². The summed E-state index contributed by atoms with van der Waals surface area (Å²) in [4.78, 5) is 12.1. The van der Waals surface area contributed by atoms with Crippen molar-refractivity contribution in [3.63, 3.8) is 0 Å². The standard InChI is InChI=1S/C18H28N6O5S/c25-12-15(26)11-19-8-3-1-2-4-9-20-17-21-13-22-18(24-17)23-14-6-5-7-16(10-14)30(27,28)29/h5-7,10,13,15,19,25-26H,1-4,8-9,11-12H2,(H,27,28,29)(H2,20,21,22,23,24). The lowest BCUT2D eigenvalue weighted by molar-refractivity contribution is 0.0945. The Morgan fingerprint density at radius 2 is 1.77 bits per heavy atom. The number of aliphatic hydroxyl groups is 2. The molecule has 0 radical (unpaired) electrons. The Morgan fingerprint density at radius 3 is 2.50 bits per heavy atom. The number of nitrogens with one attached hydrogen (secondary N) is 3. The third-order valence-electron chi connectivity index (χ3n) is 4.11. The van der Waals surface area contributed by atoms with Crippen LogP contribution in [0.25, 0.3) is 0 Å². The normalized spacial score (nSPS) is 12.5. The molecular weight excluding hydrogens is 412 g/mol. The Balaban J connectivity index is 1.70. The maximum absolute atomic E-state index is 11.2. The van der Waals surface area contributed by atoms with Gasteiger partial charge in [0.2, 0.25) is 11.9 Å². The lowest BCUT2D eigenvalue weighted by Crippen LogP contribution is -2.29. The van der Waals surface area contributed by atoms with Crippen LogP contribution in [0, 0.1) is 0 Å². The van der Waals surface area contributed by atoms with E-state index in [4.69, 9.17) is 9.66 Å². The number of hydrogen-bond donors (Lipinski definition) is 6. The van der Waals surface area contributed by atoms with Crippen molar-refractivity contribution < 1.29 is 23.2 Å². The van der Waals surface area contributed by atoms with Crippen LogP contribution < -0.4 is 16.0 Å². The first kappa shape index (κ1) is 23.9. The van der Waals surface area contributed by atoms with Gasteiger partial charge in [0.25, 0.3) is 10.1 Å². The highest BCUT2D eigenvalue weighted by Gasteiger charge is 2.10. The molecule has 0 amide bonds. The van der Waals surface area contributed by atoms with Gasteiger partial charge in [0, 0.05) is 18.8 Å². The van der Waals surface area contributed by atoms with E-state index in [0.717, 1.165) is 32.2 Å². The van der Waals surface area contributed by atoms with Crippen LogP contribution in [0.3, 0.4) is 0 Å².